The highest BCUT2D eigenvalue weighted by atomic mass is 16.7. The van der Waals surface area contributed by atoms with E-state index in [-0.39, 0.29) is 32.4 Å². The first-order chi connectivity index (χ1) is 17.5. The number of nitrogens with one attached hydrogen (secondary N) is 2. The Hall–Kier alpha value is -4.37. The molecule has 1 aliphatic heterocycles. The van der Waals surface area contributed by atoms with Gasteiger partial charge in [-0.25, -0.2) is 0 Å². The maximum atomic E-state index is 13.0. The molecule has 1 heterocycles. The summed E-state index contributed by atoms with van der Waals surface area (Å²) in [4.78, 5) is 39.7. The Bertz CT molecular complexity index is 1230. The maximum Gasteiger partial charge on any atom is 0.320 e. The summed E-state index contributed by atoms with van der Waals surface area (Å²) >= 11 is 0. The number of carbonyl (C=O) groups excluding carboxylic acids is 3. The Balaban J connectivity index is 1.43. The number of esters is 1. The van der Waals surface area contributed by atoms with Crippen LogP contribution in [0.2, 0.25) is 0 Å². The molecule has 0 aliphatic carbocycles. The SMILES string of the molecule is CCOC(=O)CN(CC(=O)Nc1ccccc1C(=O)Nc1ccc2c(c1)OCO2)Cc1ccccc1. The third kappa shape index (κ3) is 6.61. The molecule has 1 aliphatic rings. The number of amides is 2. The third-order valence-electron chi connectivity index (χ3n) is 5.35. The van der Waals surface area contributed by atoms with Gasteiger partial charge in [0.1, 0.15) is 0 Å². The zero-order chi connectivity index (χ0) is 25.3. The fraction of sp³-hybridized carbons (Fsp3) is 0.222. The number of benzene rings is 3. The van der Waals surface area contributed by atoms with Gasteiger partial charge in [0, 0.05) is 18.3 Å². The van der Waals surface area contributed by atoms with Crippen molar-refractivity contribution in [2.24, 2.45) is 0 Å². The van der Waals surface area contributed by atoms with E-state index in [4.69, 9.17) is 14.2 Å². The lowest BCUT2D eigenvalue weighted by molar-refractivity contribution is -0.144. The van der Waals surface area contributed by atoms with Crippen molar-refractivity contribution in [3.05, 3.63) is 83.9 Å². The number of para-hydroxylation sites is 1. The highest BCUT2D eigenvalue weighted by Gasteiger charge is 2.19. The van der Waals surface area contributed by atoms with E-state index in [1.54, 1.807) is 54.3 Å². The van der Waals surface area contributed by atoms with Crippen LogP contribution in [0.4, 0.5) is 11.4 Å². The zero-order valence-corrected chi connectivity index (χ0v) is 19.9. The van der Waals surface area contributed by atoms with E-state index >= 15 is 0 Å². The molecule has 0 aromatic heterocycles. The van der Waals surface area contributed by atoms with E-state index in [0.29, 0.717) is 35.0 Å². The van der Waals surface area contributed by atoms with Crippen LogP contribution in [0, 0.1) is 0 Å². The molecule has 186 valence electrons. The lowest BCUT2D eigenvalue weighted by Crippen LogP contribution is -2.37. The second-order valence-electron chi connectivity index (χ2n) is 8.05. The standard InChI is InChI=1S/C27H27N3O6/c1-2-34-26(32)17-30(15-19-8-4-3-5-9-19)16-25(31)29-22-11-7-6-10-21(22)27(33)28-20-12-13-23-24(14-20)36-18-35-23/h3-14H,2,15-18H2,1H3,(H,28,33)(H,29,31). The fourth-order valence-corrected chi connectivity index (χ4v) is 3.75. The van der Waals surface area contributed by atoms with Gasteiger partial charge in [0.2, 0.25) is 12.7 Å². The minimum absolute atomic E-state index is 0.0393. The van der Waals surface area contributed by atoms with Crippen molar-refractivity contribution < 1.29 is 28.6 Å². The Morgan fingerprint density at radius 3 is 2.44 bits per heavy atom. The van der Waals surface area contributed by atoms with Crippen LogP contribution >= 0.6 is 0 Å². The van der Waals surface area contributed by atoms with Crippen molar-refractivity contribution in [3.63, 3.8) is 0 Å². The minimum Gasteiger partial charge on any atom is -0.465 e. The van der Waals surface area contributed by atoms with Gasteiger partial charge in [-0.3, -0.25) is 19.3 Å². The number of anilines is 2. The molecule has 0 bridgehead atoms. The summed E-state index contributed by atoms with van der Waals surface area (Å²) in [5.41, 5.74) is 2.15. The van der Waals surface area contributed by atoms with Crippen LogP contribution < -0.4 is 20.1 Å². The predicted molar refractivity (Wildman–Crippen MR) is 134 cm³/mol. The van der Waals surface area contributed by atoms with Crippen LogP contribution in [0.15, 0.2) is 72.8 Å². The summed E-state index contributed by atoms with van der Waals surface area (Å²) in [7, 11) is 0. The number of rotatable bonds is 10. The molecule has 0 saturated heterocycles. The van der Waals surface area contributed by atoms with Gasteiger partial charge >= 0.3 is 5.97 Å². The quantitative estimate of drug-likeness (QED) is 0.419. The highest BCUT2D eigenvalue weighted by molar-refractivity contribution is 6.10. The van der Waals surface area contributed by atoms with E-state index in [1.165, 1.54) is 0 Å². The Morgan fingerprint density at radius 1 is 0.889 bits per heavy atom. The van der Waals surface area contributed by atoms with Crippen molar-refractivity contribution >= 4 is 29.2 Å². The Kier molecular flexibility index (Phi) is 8.15. The lowest BCUT2D eigenvalue weighted by atomic mass is 10.1. The number of hydrogen-bond donors (Lipinski definition) is 2. The van der Waals surface area contributed by atoms with Gasteiger partial charge in [0.15, 0.2) is 11.5 Å². The molecule has 0 fully saturated rings. The van der Waals surface area contributed by atoms with Crippen molar-refractivity contribution in [1.82, 2.24) is 4.90 Å². The molecular formula is C27H27N3O6. The van der Waals surface area contributed by atoms with E-state index in [0.717, 1.165) is 5.56 Å². The van der Waals surface area contributed by atoms with Crippen LogP contribution in [0.1, 0.15) is 22.8 Å². The van der Waals surface area contributed by atoms with Crippen molar-refractivity contribution in [1.29, 1.82) is 0 Å². The second-order valence-corrected chi connectivity index (χ2v) is 8.05. The Morgan fingerprint density at radius 2 is 1.64 bits per heavy atom. The second kappa shape index (κ2) is 11.9. The number of nitrogens with zero attached hydrogens (tertiary/aromatic N) is 1. The van der Waals surface area contributed by atoms with Gasteiger partial charge in [-0.2, -0.15) is 0 Å². The van der Waals surface area contributed by atoms with Gasteiger partial charge in [-0.15, -0.1) is 0 Å². The summed E-state index contributed by atoms with van der Waals surface area (Å²) in [6.07, 6.45) is 0. The molecule has 3 aromatic carbocycles. The van der Waals surface area contributed by atoms with Crippen molar-refractivity contribution in [3.8, 4) is 11.5 Å². The van der Waals surface area contributed by atoms with Gasteiger partial charge in [-0.1, -0.05) is 42.5 Å². The fourth-order valence-electron chi connectivity index (χ4n) is 3.75. The highest BCUT2D eigenvalue weighted by Crippen LogP contribution is 2.34. The minimum atomic E-state index is -0.412. The molecule has 0 saturated carbocycles. The smallest absolute Gasteiger partial charge is 0.320 e. The average molecular weight is 490 g/mol. The van der Waals surface area contributed by atoms with E-state index in [2.05, 4.69) is 10.6 Å². The number of ether oxygens (including phenoxy) is 3. The normalized spacial score (nSPS) is 11.7. The summed E-state index contributed by atoms with van der Waals surface area (Å²) in [6, 6.07) is 21.4. The first kappa shape index (κ1) is 24.7. The summed E-state index contributed by atoms with van der Waals surface area (Å²) < 4.78 is 15.7. The molecule has 9 heteroatoms. The van der Waals surface area contributed by atoms with Crippen LogP contribution in [-0.2, 0) is 20.9 Å². The average Bonchev–Trinajstić information content (AvgIpc) is 3.33. The van der Waals surface area contributed by atoms with Crippen LogP contribution in [-0.4, -0.2) is 49.2 Å². The summed E-state index contributed by atoms with van der Waals surface area (Å²) in [6.45, 7) is 2.42. The molecule has 0 spiro atoms. The molecule has 0 atom stereocenters. The molecule has 0 unspecified atom stereocenters. The predicted octanol–water partition coefficient (Wildman–Crippen LogP) is 3.67. The molecule has 0 radical (unpaired) electrons. The third-order valence-corrected chi connectivity index (χ3v) is 5.35. The lowest BCUT2D eigenvalue weighted by Gasteiger charge is -2.21. The van der Waals surface area contributed by atoms with Gasteiger partial charge in [-0.05, 0) is 36.8 Å². The molecule has 2 N–H and O–H groups in total. The number of hydrogen-bond acceptors (Lipinski definition) is 7. The summed E-state index contributed by atoms with van der Waals surface area (Å²) in [5, 5.41) is 5.62. The van der Waals surface area contributed by atoms with Crippen molar-refractivity contribution in [2.75, 3.05) is 37.1 Å². The molecule has 2 amide bonds. The largest absolute Gasteiger partial charge is 0.465 e. The van der Waals surface area contributed by atoms with Crippen LogP contribution in [0.5, 0.6) is 11.5 Å². The first-order valence-electron chi connectivity index (χ1n) is 11.5. The monoisotopic (exact) mass is 489 g/mol. The topological polar surface area (TPSA) is 106 Å². The van der Waals surface area contributed by atoms with E-state index in [1.807, 2.05) is 30.3 Å². The summed E-state index contributed by atoms with van der Waals surface area (Å²) in [5.74, 6) is -0.00115. The first-order valence-corrected chi connectivity index (χ1v) is 11.5. The van der Waals surface area contributed by atoms with Gasteiger partial charge < -0.3 is 24.8 Å². The molecule has 36 heavy (non-hydrogen) atoms. The molecular weight excluding hydrogens is 462 g/mol. The van der Waals surface area contributed by atoms with Crippen molar-refractivity contribution in [2.45, 2.75) is 13.5 Å². The molecule has 4 rings (SSSR count). The molecule has 9 nitrogen and oxygen atoms in total. The Labute approximate surface area is 209 Å². The van der Waals surface area contributed by atoms with Crippen LogP contribution in [0.3, 0.4) is 0 Å². The van der Waals surface area contributed by atoms with E-state index in [9.17, 15) is 14.4 Å². The van der Waals surface area contributed by atoms with Gasteiger partial charge in [0.05, 0.1) is 30.9 Å². The van der Waals surface area contributed by atoms with E-state index < -0.39 is 11.9 Å². The number of carbonyl (C=O) groups is 3. The molecule has 3 aromatic rings. The van der Waals surface area contributed by atoms with Crippen LogP contribution in [0.25, 0.3) is 0 Å². The maximum absolute atomic E-state index is 13.0. The zero-order valence-electron chi connectivity index (χ0n) is 19.9. The number of fused-ring (bicyclic) bond motifs is 1. The van der Waals surface area contributed by atoms with Gasteiger partial charge in [0.25, 0.3) is 5.91 Å².